The van der Waals surface area contributed by atoms with E-state index in [1.165, 1.54) is 12.1 Å². The molecule has 1 nitrogen and oxygen atoms in total. The molecule has 0 aliphatic rings. The molecule has 2 rings (SSSR count). The minimum Gasteiger partial charge on any atom is -0.507 e. The lowest BCUT2D eigenvalue weighted by atomic mass is 10.2. The molecule has 0 aliphatic carbocycles. The Balaban J connectivity index is 2.69. The van der Waals surface area contributed by atoms with Crippen molar-refractivity contribution in [2.24, 2.45) is 0 Å². The van der Waals surface area contributed by atoms with Crippen molar-refractivity contribution < 1.29 is 18.3 Å². The fourth-order valence-corrected chi connectivity index (χ4v) is 2.13. The molecule has 0 radical (unpaired) electrons. The van der Waals surface area contributed by atoms with E-state index in [9.17, 15) is 18.3 Å². The molecular formula is C9H5F3OS. The second-order valence-corrected chi connectivity index (χ2v) is 3.88. The average molecular weight is 218 g/mol. The maximum Gasteiger partial charge on any atom is 0.425 e. The standard InChI is InChI=1S/C9H5F3OS/c10-9(11,12)8-4-5-6(13)2-1-3-7(5)14-8/h1-4,13H. The van der Waals surface area contributed by atoms with Gasteiger partial charge in [0.2, 0.25) is 0 Å². The fraction of sp³-hybridized carbons (Fsp3) is 0.111. The Hall–Kier alpha value is -1.23. The molecule has 14 heavy (non-hydrogen) atoms. The van der Waals surface area contributed by atoms with Crippen molar-refractivity contribution in [1.29, 1.82) is 0 Å². The van der Waals surface area contributed by atoms with Crippen LogP contribution in [0.25, 0.3) is 10.1 Å². The van der Waals surface area contributed by atoms with Gasteiger partial charge in [0.25, 0.3) is 0 Å². The smallest absolute Gasteiger partial charge is 0.425 e. The maximum atomic E-state index is 12.3. The van der Waals surface area contributed by atoms with Gasteiger partial charge >= 0.3 is 6.18 Å². The summed E-state index contributed by atoms with van der Waals surface area (Å²) in [4.78, 5) is -0.686. The quantitative estimate of drug-likeness (QED) is 0.715. The molecule has 1 N–H and O–H groups in total. The summed E-state index contributed by atoms with van der Waals surface area (Å²) < 4.78 is 37.3. The fourth-order valence-electron chi connectivity index (χ4n) is 1.19. The average Bonchev–Trinajstić information content (AvgIpc) is 2.48. The number of hydrogen-bond acceptors (Lipinski definition) is 2. The van der Waals surface area contributed by atoms with Gasteiger partial charge in [-0.1, -0.05) is 6.07 Å². The maximum absolute atomic E-state index is 12.3. The second-order valence-electron chi connectivity index (χ2n) is 2.80. The summed E-state index contributed by atoms with van der Waals surface area (Å²) in [6.45, 7) is 0. The normalized spacial score (nSPS) is 12.2. The van der Waals surface area contributed by atoms with Crippen LogP contribution in [0.5, 0.6) is 5.75 Å². The Morgan fingerprint density at radius 1 is 1.21 bits per heavy atom. The highest BCUT2D eigenvalue weighted by Gasteiger charge is 2.32. The van der Waals surface area contributed by atoms with Gasteiger partial charge < -0.3 is 5.11 Å². The molecule has 0 bridgehead atoms. The molecule has 2 aromatic rings. The predicted octanol–water partition coefficient (Wildman–Crippen LogP) is 3.63. The van der Waals surface area contributed by atoms with E-state index < -0.39 is 11.1 Å². The van der Waals surface area contributed by atoms with Gasteiger partial charge in [0, 0.05) is 10.1 Å². The topological polar surface area (TPSA) is 20.2 Å². The van der Waals surface area contributed by atoms with Crippen LogP contribution in [0.1, 0.15) is 4.88 Å². The Morgan fingerprint density at radius 2 is 1.93 bits per heavy atom. The number of benzene rings is 1. The largest absolute Gasteiger partial charge is 0.507 e. The summed E-state index contributed by atoms with van der Waals surface area (Å²) in [5.41, 5.74) is 0. The molecule has 74 valence electrons. The zero-order valence-electron chi connectivity index (χ0n) is 6.80. The van der Waals surface area contributed by atoms with Gasteiger partial charge in [0.1, 0.15) is 10.6 Å². The number of rotatable bonds is 0. The first-order chi connectivity index (χ1) is 6.48. The highest BCUT2D eigenvalue weighted by Crippen LogP contribution is 2.40. The molecule has 0 saturated carbocycles. The number of hydrogen-bond donors (Lipinski definition) is 1. The Kier molecular flexibility index (Phi) is 1.92. The van der Waals surface area contributed by atoms with E-state index in [1.54, 1.807) is 6.07 Å². The van der Waals surface area contributed by atoms with Crippen LogP contribution in [0.4, 0.5) is 13.2 Å². The molecule has 0 aliphatic heterocycles. The Bertz CT molecular complexity index is 472. The second kappa shape index (κ2) is 2.88. The van der Waals surface area contributed by atoms with E-state index in [0.29, 0.717) is 16.0 Å². The molecule has 0 spiro atoms. The van der Waals surface area contributed by atoms with Crippen molar-refractivity contribution in [2.75, 3.05) is 0 Å². The van der Waals surface area contributed by atoms with Gasteiger partial charge in [0.05, 0.1) is 0 Å². The van der Waals surface area contributed by atoms with Crippen LogP contribution in [0.3, 0.4) is 0 Å². The van der Waals surface area contributed by atoms with Crippen molar-refractivity contribution >= 4 is 21.4 Å². The Morgan fingerprint density at radius 3 is 2.50 bits per heavy atom. The molecule has 0 fully saturated rings. The summed E-state index contributed by atoms with van der Waals surface area (Å²) in [6.07, 6.45) is -4.34. The van der Waals surface area contributed by atoms with E-state index in [4.69, 9.17) is 0 Å². The van der Waals surface area contributed by atoms with Gasteiger partial charge in [-0.3, -0.25) is 0 Å². The minimum atomic E-state index is -4.34. The first kappa shape index (κ1) is 9.33. The summed E-state index contributed by atoms with van der Waals surface area (Å²) >= 11 is 0.633. The number of aromatic hydroxyl groups is 1. The van der Waals surface area contributed by atoms with E-state index in [2.05, 4.69) is 0 Å². The van der Waals surface area contributed by atoms with Crippen LogP contribution in [0, 0.1) is 0 Å². The van der Waals surface area contributed by atoms with Crippen molar-refractivity contribution in [2.45, 2.75) is 6.18 Å². The number of halogens is 3. The minimum absolute atomic E-state index is 0.116. The van der Waals surface area contributed by atoms with Gasteiger partial charge in [-0.25, -0.2) is 0 Å². The molecule has 0 amide bonds. The summed E-state index contributed by atoms with van der Waals surface area (Å²) in [5.74, 6) is -0.116. The molecule has 0 unspecified atom stereocenters. The number of phenols is 1. The highest BCUT2D eigenvalue weighted by molar-refractivity contribution is 7.19. The Labute approximate surface area is 81.4 Å². The van der Waals surface area contributed by atoms with Crippen LogP contribution in [0.2, 0.25) is 0 Å². The highest BCUT2D eigenvalue weighted by atomic mass is 32.1. The third-order valence-corrected chi connectivity index (χ3v) is 2.96. The van der Waals surface area contributed by atoms with E-state index in [-0.39, 0.29) is 11.1 Å². The van der Waals surface area contributed by atoms with Gasteiger partial charge in [-0.05, 0) is 18.2 Å². The van der Waals surface area contributed by atoms with E-state index >= 15 is 0 Å². The number of thiophene rings is 1. The van der Waals surface area contributed by atoms with Crippen LogP contribution in [-0.4, -0.2) is 5.11 Å². The first-order valence-corrected chi connectivity index (χ1v) is 4.59. The first-order valence-electron chi connectivity index (χ1n) is 3.77. The lowest BCUT2D eigenvalue weighted by molar-refractivity contribution is -0.134. The third-order valence-electron chi connectivity index (χ3n) is 1.82. The lowest BCUT2D eigenvalue weighted by Crippen LogP contribution is -2.00. The van der Waals surface area contributed by atoms with Crippen molar-refractivity contribution in [1.82, 2.24) is 0 Å². The predicted molar refractivity (Wildman–Crippen MR) is 48.5 cm³/mol. The van der Waals surface area contributed by atoms with Crippen LogP contribution in [-0.2, 0) is 6.18 Å². The molecule has 1 aromatic carbocycles. The molecule has 1 heterocycles. The van der Waals surface area contributed by atoms with Crippen molar-refractivity contribution in [3.05, 3.63) is 29.1 Å². The molecule has 0 saturated heterocycles. The number of alkyl halides is 3. The van der Waals surface area contributed by atoms with E-state index in [1.807, 2.05) is 0 Å². The van der Waals surface area contributed by atoms with Gasteiger partial charge in [0.15, 0.2) is 0 Å². The zero-order valence-corrected chi connectivity index (χ0v) is 7.62. The summed E-state index contributed by atoms with van der Waals surface area (Å²) in [7, 11) is 0. The zero-order chi connectivity index (χ0) is 10.3. The van der Waals surface area contributed by atoms with Crippen molar-refractivity contribution in [3.63, 3.8) is 0 Å². The van der Waals surface area contributed by atoms with E-state index in [0.717, 1.165) is 6.07 Å². The van der Waals surface area contributed by atoms with Crippen molar-refractivity contribution in [3.8, 4) is 5.75 Å². The van der Waals surface area contributed by atoms with Crippen LogP contribution < -0.4 is 0 Å². The molecule has 5 heteroatoms. The SMILES string of the molecule is Oc1cccc2sc(C(F)(F)F)cc12. The summed E-state index contributed by atoms with van der Waals surface area (Å²) in [5, 5.41) is 9.54. The number of phenolic OH excluding ortho intramolecular Hbond substituents is 1. The molecule has 0 atom stereocenters. The summed E-state index contributed by atoms with van der Waals surface area (Å²) in [6, 6.07) is 5.41. The molecular weight excluding hydrogens is 213 g/mol. The van der Waals surface area contributed by atoms with Crippen LogP contribution in [0.15, 0.2) is 24.3 Å². The third kappa shape index (κ3) is 1.43. The monoisotopic (exact) mass is 218 g/mol. The van der Waals surface area contributed by atoms with Gasteiger partial charge in [-0.2, -0.15) is 13.2 Å². The lowest BCUT2D eigenvalue weighted by Gasteiger charge is -1.99. The number of fused-ring (bicyclic) bond motifs is 1. The van der Waals surface area contributed by atoms with Gasteiger partial charge in [-0.15, -0.1) is 11.3 Å². The molecule has 1 aromatic heterocycles. The van der Waals surface area contributed by atoms with Crippen LogP contribution >= 0.6 is 11.3 Å².